The monoisotopic (exact) mass is 260 g/mol. The number of nitriles is 1. The number of nitrogens with zero attached hydrogens (tertiary/aromatic N) is 3. The summed E-state index contributed by atoms with van der Waals surface area (Å²) in [5.74, 6) is 0.0647. The third-order valence-electron chi connectivity index (χ3n) is 2.38. The van der Waals surface area contributed by atoms with Crippen molar-refractivity contribution in [1.29, 1.82) is 5.26 Å². The van der Waals surface area contributed by atoms with Crippen LogP contribution in [-0.2, 0) is 0 Å². The number of methoxy groups -OCH3 is 1. The highest BCUT2D eigenvalue weighted by atomic mass is 16.6. The molecule has 0 bridgehead atoms. The van der Waals surface area contributed by atoms with E-state index in [1.54, 1.807) is 6.07 Å². The van der Waals surface area contributed by atoms with Gasteiger partial charge in [-0.05, 0) is 12.1 Å². The number of nitro groups is 1. The number of anilines is 1. The largest absolute Gasteiger partial charge is 0.490 e. The molecule has 8 heteroatoms. The van der Waals surface area contributed by atoms with E-state index in [-0.39, 0.29) is 28.9 Å². The average molecular weight is 260 g/mol. The van der Waals surface area contributed by atoms with Gasteiger partial charge in [0.05, 0.1) is 12.0 Å². The molecule has 0 fully saturated rings. The van der Waals surface area contributed by atoms with Crippen LogP contribution < -0.4 is 10.5 Å². The van der Waals surface area contributed by atoms with Crippen LogP contribution >= 0.6 is 0 Å². The lowest BCUT2D eigenvalue weighted by molar-refractivity contribution is -0.385. The predicted molar refractivity (Wildman–Crippen MR) is 64.3 cm³/mol. The molecule has 0 spiro atoms. The lowest BCUT2D eigenvalue weighted by atomic mass is 10.2. The Hall–Kier alpha value is -3.08. The van der Waals surface area contributed by atoms with E-state index in [1.165, 1.54) is 25.3 Å². The molecule has 0 unspecified atom stereocenters. The van der Waals surface area contributed by atoms with Gasteiger partial charge in [-0.25, -0.2) is 0 Å². The first-order valence-corrected chi connectivity index (χ1v) is 5.06. The number of nitrogen functional groups attached to an aromatic ring is 1. The molecule has 2 aromatic rings. The molecule has 0 atom stereocenters. The number of nitro benzene ring substituents is 1. The molecule has 0 amide bonds. The maximum Gasteiger partial charge on any atom is 0.310 e. The van der Waals surface area contributed by atoms with Crippen molar-refractivity contribution >= 4 is 11.6 Å². The van der Waals surface area contributed by atoms with E-state index in [1.807, 2.05) is 0 Å². The van der Waals surface area contributed by atoms with Gasteiger partial charge in [-0.1, -0.05) is 0 Å². The number of hydrogen-bond acceptors (Lipinski definition) is 7. The smallest absolute Gasteiger partial charge is 0.310 e. The first-order chi connectivity index (χ1) is 9.06. The Bertz CT molecular complexity index is 686. The summed E-state index contributed by atoms with van der Waals surface area (Å²) in [6, 6.07) is 5.87. The van der Waals surface area contributed by atoms with Gasteiger partial charge in [-0.3, -0.25) is 10.1 Å². The summed E-state index contributed by atoms with van der Waals surface area (Å²) in [5.41, 5.74) is 5.66. The number of oxazole rings is 1. The molecule has 8 nitrogen and oxygen atoms in total. The van der Waals surface area contributed by atoms with Crippen LogP contribution in [0.3, 0.4) is 0 Å². The van der Waals surface area contributed by atoms with Gasteiger partial charge in [0, 0.05) is 11.6 Å². The molecule has 0 saturated carbocycles. The van der Waals surface area contributed by atoms with Crippen molar-refractivity contribution in [3.05, 3.63) is 34.0 Å². The molecule has 96 valence electrons. The first-order valence-electron chi connectivity index (χ1n) is 5.06. The van der Waals surface area contributed by atoms with Crippen LogP contribution in [0.15, 0.2) is 22.6 Å². The van der Waals surface area contributed by atoms with E-state index in [0.717, 1.165) is 0 Å². The van der Waals surface area contributed by atoms with Crippen LogP contribution in [-0.4, -0.2) is 17.0 Å². The Morgan fingerprint density at radius 3 is 2.84 bits per heavy atom. The summed E-state index contributed by atoms with van der Waals surface area (Å²) in [5, 5.41) is 19.5. The Kier molecular flexibility index (Phi) is 3.03. The molecular weight excluding hydrogens is 252 g/mol. The second-order valence-corrected chi connectivity index (χ2v) is 3.49. The number of hydrogen-bond donors (Lipinski definition) is 1. The molecule has 0 saturated heterocycles. The van der Waals surface area contributed by atoms with Gasteiger partial charge in [-0.2, -0.15) is 10.2 Å². The highest BCUT2D eigenvalue weighted by Gasteiger charge is 2.18. The number of aromatic nitrogens is 1. The zero-order chi connectivity index (χ0) is 14.0. The maximum atomic E-state index is 10.8. The predicted octanol–water partition coefficient (Wildman–Crippen LogP) is 1.71. The van der Waals surface area contributed by atoms with Crippen molar-refractivity contribution in [2.75, 3.05) is 12.8 Å². The Morgan fingerprint density at radius 1 is 1.58 bits per heavy atom. The van der Waals surface area contributed by atoms with Crippen molar-refractivity contribution in [2.45, 2.75) is 0 Å². The minimum absolute atomic E-state index is 0.0349. The molecular formula is C11H8N4O4. The summed E-state index contributed by atoms with van der Waals surface area (Å²) in [7, 11) is 1.32. The van der Waals surface area contributed by atoms with Gasteiger partial charge in [0.1, 0.15) is 6.07 Å². The van der Waals surface area contributed by atoms with Crippen LogP contribution in [0.2, 0.25) is 0 Å². The highest BCUT2D eigenvalue weighted by molar-refractivity contribution is 5.64. The number of benzene rings is 1. The molecule has 0 radical (unpaired) electrons. The minimum atomic E-state index is -0.562. The third-order valence-corrected chi connectivity index (χ3v) is 2.38. The topological polar surface area (TPSA) is 128 Å². The zero-order valence-electron chi connectivity index (χ0n) is 9.78. The van der Waals surface area contributed by atoms with E-state index in [2.05, 4.69) is 4.98 Å². The second kappa shape index (κ2) is 4.66. The van der Waals surface area contributed by atoms with E-state index < -0.39 is 4.92 Å². The molecule has 2 N–H and O–H groups in total. The fraction of sp³-hybridized carbons (Fsp3) is 0.0909. The summed E-state index contributed by atoms with van der Waals surface area (Å²) in [4.78, 5) is 14.1. The van der Waals surface area contributed by atoms with Gasteiger partial charge in [0.25, 0.3) is 0 Å². The molecule has 0 aliphatic carbocycles. The molecule has 2 rings (SSSR count). The summed E-state index contributed by atoms with van der Waals surface area (Å²) >= 11 is 0. The van der Waals surface area contributed by atoms with Crippen LogP contribution in [0.1, 0.15) is 5.69 Å². The van der Waals surface area contributed by atoms with E-state index in [4.69, 9.17) is 20.1 Å². The number of ether oxygens (including phenoxy) is 1. The first kappa shape index (κ1) is 12.4. The fourth-order valence-electron chi connectivity index (χ4n) is 1.50. The van der Waals surface area contributed by atoms with Crippen molar-refractivity contribution in [2.24, 2.45) is 0 Å². The maximum absolute atomic E-state index is 10.8. The Balaban J connectivity index is 2.51. The van der Waals surface area contributed by atoms with Crippen molar-refractivity contribution < 1.29 is 14.1 Å². The highest BCUT2D eigenvalue weighted by Crippen LogP contribution is 2.32. The molecule has 0 aliphatic heterocycles. The quantitative estimate of drug-likeness (QED) is 0.656. The lowest BCUT2D eigenvalue weighted by Gasteiger charge is -2.02. The number of rotatable bonds is 3. The zero-order valence-corrected chi connectivity index (χ0v) is 9.78. The van der Waals surface area contributed by atoms with E-state index in [9.17, 15) is 10.1 Å². The van der Waals surface area contributed by atoms with Crippen molar-refractivity contribution in [1.82, 2.24) is 4.98 Å². The lowest BCUT2D eigenvalue weighted by Crippen LogP contribution is -1.94. The molecule has 1 aromatic carbocycles. The molecule has 1 aromatic heterocycles. The van der Waals surface area contributed by atoms with E-state index >= 15 is 0 Å². The minimum Gasteiger partial charge on any atom is -0.490 e. The Labute approximate surface area is 107 Å². The van der Waals surface area contributed by atoms with Gasteiger partial charge in [0.15, 0.2) is 5.75 Å². The van der Waals surface area contributed by atoms with Gasteiger partial charge in [-0.15, -0.1) is 0 Å². The second-order valence-electron chi connectivity index (χ2n) is 3.49. The molecule has 0 aliphatic rings. The summed E-state index contributed by atoms with van der Waals surface area (Å²) in [6.07, 6.45) is 0. The SMILES string of the molecule is COc1cc(-c2nc(C#N)c(N)o2)ccc1[N+](=O)[O-]. The molecule has 1 heterocycles. The Morgan fingerprint density at radius 2 is 2.32 bits per heavy atom. The summed E-state index contributed by atoms with van der Waals surface area (Å²) < 4.78 is 10.0. The van der Waals surface area contributed by atoms with Crippen LogP contribution in [0.25, 0.3) is 11.5 Å². The summed E-state index contributed by atoms with van der Waals surface area (Å²) in [6.45, 7) is 0. The van der Waals surface area contributed by atoms with Crippen molar-refractivity contribution in [3.63, 3.8) is 0 Å². The van der Waals surface area contributed by atoms with E-state index in [0.29, 0.717) is 5.56 Å². The van der Waals surface area contributed by atoms with Crippen molar-refractivity contribution in [3.8, 4) is 23.3 Å². The number of nitrogens with two attached hydrogens (primary N) is 1. The van der Waals surface area contributed by atoms with Gasteiger partial charge >= 0.3 is 5.69 Å². The standard InChI is InChI=1S/C11H8N4O4/c1-18-9-4-6(2-3-8(9)15(16)17)11-14-7(5-12)10(13)19-11/h2-4H,13H2,1H3. The van der Waals surface area contributed by atoms with Gasteiger partial charge < -0.3 is 14.9 Å². The fourth-order valence-corrected chi connectivity index (χ4v) is 1.50. The van der Waals surface area contributed by atoms with Crippen LogP contribution in [0, 0.1) is 21.4 Å². The molecule has 19 heavy (non-hydrogen) atoms. The van der Waals surface area contributed by atoms with Crippen LogP contribution in [0.5, 0.6) is 5.75 Å². The van der Waals surface area contributed by atoms with Gasteiger partial charge in [0.2, 0.25) is 17.5 Å². The third kappa shape index (κ3) is 2.16. The van der Waals surface area contributed by atoms with Crippen LogP contribution in [0.4, 0.5) is 11.6 Å². The normalized spacial score (nSPS) is 9.89. The average Bonchev–Trinajstić information content (AvgIpc) is 2.79.